The lowest BCUT2D eigenvalue weighted by Crippen LogP contribution is -2.24. The van der Waals surface area contributed by atoms with Crippen molar-refractivity contribution in [3.63, 3.8) is 0 Å². The van der Waals surface area contributed by atoms with Gasteiger partial charge in [-0.25, -0.2) is 0 Å². The summed E-state index contributed by atoms with van der Waals surface area (Å²) in [5, 5.41) is 15.3. The molecule has 6 aliphatic rings. The maximum atomic E-state index is 2.52. The fraction of sp³-hybridized carbons (Fsp3) is 0.130. The lowest BCUT2D eigenvalue weighted by Gasteiger charge is -2.30. The number of rotatable bonds is 7. The van der Waals surface area contributed by atoms with E-state index in [9.17, 15) is 0 Å². The van der Waals surface area contributed by atoms with Crippen LogP contribution in [-0.4, -0.2) is 0 Å². The lowest BCUT2D eigenvalue weighted by molar-refractivity contribution is 0.601. The van der Waals surface area contributed by atoms with Gasteiger partial charge in [0.1, 0.15) is 0 Å². The Kier molecular flexibility index (Phi) is 18.3. The van der Waals surface area contributed by atoms with Crippen molar-refractivity contribution < 1.29 is 0 Å². The summed E-state index contributed by atoms with van der Waals surface area (Å²) in [5.41, 5.74) is 51.4. The molecule has 0 N–H and O–H groups in total. The third-order valence-electron chi connectivity index (χ3n) is 33.0. The summed E-state index contributed by atoms with van der Waals surface area (Å²) in [4.78, 5) is 0. The quantitative estimate of drug-likeness (QED) is 0.149. The first-order valence-electron chi connectivity index (χ1n) is 49.4. The summed E-state index contributed by atoms with van der Waals surface area (Å²) < 4.78 is 0. The molecule has 0 bridgehead atoms. The molecule has 28 rings (SSSR count). The van der Waals surface area contributed by atoms with E-state index in [1.807, 2.05) is 0 Å². The molecule has 6 aliphatic carbocycles. The first-order valence-corrected chi connectivity index (χ1v) is 49.4. The zero-order valence-corrected chi connectivity index (χ0v) is 80.4. The summed E-state index contributed by atoms with van der Waals surface area (Å²) >= 11 is 0. The maximum absolute atomic E-state index is 2.52. The first-order chi connectivity index (χ1) is 66.9. The first kappa shape index (κ1) is 83.0. The van der Waals surface area contributed by atoms with Crippen LogP contribution in [0.2, 0.25) is 0 Å². The van der Waals surface area contributed by atoms with Crippen LogP contribution in [0.1, 0.15) is 150 Å². The van der Waals surface area contributed by atoms with Crippen LogP contribution < -0.4 is 0 Å². The number of hydrogen-bond acceptors (Lipinski definition) is 0. The Labute approximate surface area is 810 Å². The fourth-order valence-corrected chi connectivity index (χ4v) is 25.7. The SMILES string of the molecule is CC1(C)c2ccccc2-c2cc3c(cc21)C(C)(C)c1cc(-c2ccc4cc(-c5ccc6ccccc6c5)ccc4c2)ccc1-3.CC1(C)c2ccccc2-c2ccc3c(c21)C(C)(C)c1cc(-c2cc(-c4ccc5ccc(-c6ccccc6)cc5c4)cc4ccccc24)ccc1-3.CC1(C)c2ccccc2-c2ccc3c(c21)C(C)(C)c1cc(-c2ccc4cc(-c5ccc6ccccc6c5)ccc4c2)ccc1-3. The van der Waals surface area contributed by atoms with Crippen LogP contribution in [0.5, 0.6) is 0 Å². The van der Waals surface area contributed by atoms with Crippen LogP contribution in [-0.2, 0) is 32.5 Å². The molecule has 0 radical (unpaired) electrons. The molecule has 0 atom stereocenters. The van der Waals surface area contributed by atoms with Crippen LogP contribution in [0, 0.1) is 0 Å². The Hall–Kier alpha value is -15.6. The summed E-state index contributed by atoms with van der Waals surface area (Å²) in [6, 6.07) is 159. The van der Waals surface area contributed by atoms with E-state index in [2.05, 4.69) is 508 Å². The summed E-state index contributed by atoms with van der Waals surface area (Å²) in [7, 11) is 0. The van der Waals surface area contributed by atoms with Crippen molar-refractivity contribution in [2.75, 3.05) is 0 Å². The van der Waals surface area contributed by atoms with E-state index in [0.29, 0.717) is 0 Å². The van der Waals surface area contributed by atoms with E-state index in [1.165, 1.54) is 276 Å². The second-order valence-electron chi connectivity index (χ2n) is 43.0. The van der Waals surface area contributed by atoms with Gasteiger partial charge >= 0.3 is 0 Å². The Morgan fingerprint density at radius 3 is 0.775 bits per heavy atom. The molecule has 0 nitrogen and oxygen atoms in total. The zero-order valence-electron chi connectivity index (χ0n) is 80.4. The Morgan fingerprint density at radius 1 is 0.109 bits per heavy atom. The standard InChI is InChI=1S/C50H38.2C44H34/c1-49(2)45-17-11-10-16-40(45)42-24-25-43-41-23-22-36(30-46(41)50(3,4)48(43)47(42)49)44-29-38(28-35-14-8-9-15-39(35)44)34-21-19-32-18-20-33(26-37(32)27-34)31-12-6-5-7-13-31;1-43(2)39-12-8-7-11-35(39)37-25-38-36-20-19-34(24-40(36)44(3,4)42(38)26-41(37)43)33-18-17-31-22-30(15-16-32(31)23-33)29-14-13-27-9-5-6-10-28(27)21-29;1-43(2)39-12-8-7-11-35(39)37-21-22-38-36-20-19-34(26-40(36)44(3,4)42(38)41(37)43)33-18-17-31-24-30(15-16-32(31)25-33)29-14-13-27-9-5-6-10-28(27)23-29/h5-30H,1-4H3;2*5-26H,1-4H3. The Bertz CT molecular complexity index is 8990. The van der Waals surface area contributed by atoms with Crippen molar-refractivity contribution in [1.29, 1.82) is 0 Å². The molecule has 0 saturated heterocycles. The topological polar surface area (TPSA) is 0 Å². The predicted molar refractivity (Wildman–Crippen MR) is 588 cm³/mol. The largest absolute Gasteiger partial charge is 0.0622 e. The maximum Gasteiger partial charge on any atom is 0.0162 e. The van der Waals surface area contributed by atoms with Gasteiger partial charge in [-0.05, 0) is 361 Å². The van der Waals surface area contributed by atoms with Crippen molar-refractivity contribution in [3.8, 4) is 145 Å². The van der Waals surface area contributed by atoms with E-state index in [1.54, 1.807) is 0 Å². The number of hydrogen-bond donors (Lipinski definition) is 0. The van der Waals surface area contributed by atoms with Gasteiger partial charge in [0.05, 0.1) is 0 Å². The van der Waals surface area contributed by atoms with E-state index in [4.69, 9.17) is 0 Å². The lowest BCUT2D eigenvalue weighted by atomic mass is 9.72. The highest BCUT2D eigenvalue weighted by Crippen LogP contribution is 2.63. The van der Waals surface area contributed by atoms with Gasteiger partial charge in [0.15, 0.2) is 0 Å². The summed E-state index contributed by atoms with van der Waals surface area (Å²) in [6.07, 6.45) is 0. The summed E-state index contributed by atoms with van der Waals surface area (Å²) in [5.74, 6) is 0. The van der Waals surface area contributed by atoms with E-state index < -0.39 is 0 Å². The van der Waals surface area contributed by atoms with Crippen molar-refractivity contribution in [1.82, 2.24) is 0 Å². The molecule has 22 aromatic rings. The molecular weight excluding hydrogens is 1660 g/mol. The molecule has 0 saturated carbocycles. The molecule has 0 heteroatoms. The van der Waals surface area contributed by atoms with E-state index in [0.717, 1.165) is 0 Å². The van der Waals surface area contributed by atoms with Gasteiger partial charge < -0.3 is 0 Å². The molecule has 0 unspecified atom stereocenters. The van der Waals surface area contributed by atoms with Gasteiger partial charge in [-0.3, -0.25) is 0 Å². The smallest absolute Gasteiger partial charge is 0.0162 e. The van der Waals surface area contributed by atoms with E-state index in [-0.39, 0.29) is 32.5 Å². The van der Waals surface area contributed by atoms with Gasteiger partial charge in [-0.15, -0.1) is 0 Å². The van der Waals surface area contributed by atoms with Crippen LogP contribution in [0.3, 0.4) is 0 Å². The van der Waals surface area contributed by atoms with Crippen molar-refractivity contribution >= 4 is 64.6 Å². The third kappa shape index (κ3) is 12.7. The molecule has 0 aromatic heterocycles. The van der Waals surface area contributed by atoms with Gasteiger partial charge in [0.25, 0.3) is 0 Å². The Balaban J connectivity index is 0.000000107. The highest BCUT2D eigenvalue weighted by atomic mass is 14.5. The van der Waals surface area contributed by atoms with Crippen LogP contribution >= 0.6 is 0 Å². The van der Waals surface area contributed by atoms with E-state index >= 15 is 0 Å². The van der Waals surface area contributed by atoms with Gasteiger partial charge in [-0.2, -0.15) is 0 Å². The fourth-order valence-electron chi connectivity index (χ4n) is 25.7. The average molecular weight is 1760 g/mol. The zero-order chi connectivity index (χ0) is 93.4. The van der Waals surface area contributed by atoms with Crippen LogP contribution in [0.15, 0.2) is 425 Å². The van der Waals surface area contributed by atoms with Crippen LogP contribution in [0.25, 0.3) is 209 Å². The molecule has 22 aromatic carbocycles. The molecular formula is C138H106. The van der Waals surface area contributed by atoms with Crippen molar-refractivity contribution in [3.05, 3.63) is 491 Å². The molecule has 0 fully saturated rings. The molecule has 138 heavy (non-hydrogen) atoms. The Morgan fingerprint density at radius 2 is 0.348 bits per heavy atom. The minimum absolute atomic E-state index is 0.0101. The van der Waals surface area contributed by atoms with Crippen molar-refractivity contribution in [2.24, 2.45) is 0 Å². The molecule has 0 spiro atoms. The molecule has 0 amide bonds. The molecule has 0 aliphatic heterocycles. The normalized spacial score (nSPS) is 15.0. The monoisotopic (exact) mass is 1760 g/mol. The second kappa shape index (κ2) is 30.5. The summed E-state index contributed by atoms with van der Waals surface area (Å²) in [6.45, 7) is 28.9. The predicted octanol–water partition coefficient (Wildman–Crippen LogP) is 37.5. The highest BCUT2D eigenvalue weighted by molar-refractivity contribution is 6.05. The van der Waals surface area contributed by atoms with Gasteiger partial charge in [0, 0.05) is 32.5 Å². The minimum atomic E-state index is -0.131. The molecule has 658 valence electrons. The van der Waals surface area contributed by atoms with Crippen molar-refractivity contribution in [2.45, 2.75) is 116 Å². The minimum Gasteiger partial charge on any atom is -0.0622 e. The average Bonchev–Trinajstić information content (AvgIpc) is 1.51. The third-order valence-corrected chi connectivity index (χ3v) is 33.0. The highest BCUT2D eigenvalue weighted by Gasteiger charge is 2.49. The second-order valence-corrected chi connectivity index (χ2v) is 43.0. The molecule has 0 heterocycles. The van der Waals surface area contributed by atoms with Gasteiger partial charge in [-0.1, -0.05) is 423 Å². The van der Waals surface area contributed by atoms with Gasteiger partial charge in [0.2, 0.25) is 0 Å². The van der Waals surface area contributed by atoms with Crippen LogP contribution in [0.4, 0.5) is 0 Å². The number of fused-ring (bicyclic) bond motifs is 26. The number of benzene rings is 22.